The molecule has 118 valence electrons. The van der Waals surface area contributed by atoms with Crippen LogP contribution in [0, 0.1) is 5.92 Å². The number of nitrogens with zero attached hydrogens (tertiary/aromatic N) is 1. The maximum Gasteiger partial charge on any atom is 0.0510 e. The molecule has 1 fully saturated rings. The van der Waals surface area contributed by atoms with Crippen molar-refractivity contribution in [2.75, 3.05) is 7.05 Å². The molecule has 4 unspecified atom stereocenters. The fourth-order valence-electron chi connectivity index (χ4n) is 3.69. The standard InChI is InChI=1S/C18H29BrN2/c1-4-17(20)18(15-10-5-6-11-16(15)19)21(3)14-9-7-8-13(2)12-14/h5-6,10-11,13-14,17-18H,4,7-9,12,20H2,1-3H3. The molecule has 2 rings (SSSR count). The zero-order valence-corrected chi connectivity index (χ0v) is 15.1. The van der Waals surface area contributed by atoms with E-state index in [-0.39, 0.29) is 6.04 Å². The molecule has 4 atom stereocenters. The average molecular weight is 353 g/mol. The molecule has 0 radical (unpaired) electrons. The lowest BCUT2D eigenvalue weighted by Gasteiger charge is -2.41. The average Bonchev–Trinajstić information content (AvgIpc) is 2.49. The Balaban J connectivity index is 2.25. The lowest BCUT2D eigenvalue weighted by Crippen LogP contribution is -2.45. The van der Waals surface area contributed by atoms with Crippen LogP contribution in [0.25, 0.3) is 0 Å². The second-order valence-corrected chi connectivity index (χ2v) is 7.48. The molecule has 2 nitrogen and oxygen atoms in total. The molecule has 2 N–H and O–H groups in total. The van der Waals surface area contributed by atoms with Crippen molar-refractivity contribution in [2.24, 2.45) is 11.7 Å². The Labute approximate surface area is 138 Å². The molecule has 0 amide bonds. The number of hydrogen-bond acceptors (Lipinski definition) is 2. The predicted molar refractivity (Wildman–Crippen MR) is 94.3 cm³/mol. The van der Waals surface area contributed by atoms with Gasteiger partial charge >= 0.3 is 0 Å². The monoisotopic (exact) mass is 352 g/mol. The Morgan fingerprint density at radius 1 is 1.33 bits per heavy atom. The van der Waals surface area contributed by atoms with Gasteiger partial charge in [-0.25, -0.2) is 0 Å². The molecule has 1 aromatic carbocycles. The molecular formula is C18H29BrN2. The van der Waals surface area contributed by atoms with Gasteiger partial charge in [-0.15, -0.1) is 0 Å². The number of hydrogen-bond donors (Lipinski definition) is 1. The molecule has 1 saturated carbocycles. The van der Waals surface area contributed by atoms with E-state index in [9.17, 15) is 0 Å². The van der Waals surface area contributed by atoms with Gasteiger partial charge in [-0.3, -0.25) is 4.90 Å². The van der Waals surface area contributed by atoms with E-state index in [1.165, 1.54) is 35.7 Å². The Morgan fingerprint density at radius 3 is 2.67 bits per heavy atom. The van der Waals surface area contributed by atoms with Gasteiger partial charge in [0.25, 0.3) is 0 Å². The minimum absolute atomic E-state index is 0.172. The molecule has 0 spiro atoms. The number of halogens is 1. The molecule has 0 aromatic heterocycles. The van der Waals surface area contributed by atoms with Crippen LogP contribution in [0.3, 0.4) is 0 Å². The summed E-state index contributed by atoms with van der Waals surface area (Å²) in [6.45, 7) is 4.57. The van der Waals surface area contributed by atoms with Gasteiger partial charge in [-0.1, -0.05) is 60.8 Å². The molecule has 0 heterocycles. The van der Waals surface area contributed by atoms with Crippen LogP contribution in [0.1, 0.15) is 57.6 Å². The molecule has 0 saturated heterocycles. The first-order valence-electron chi connectivity index (χ1n) is 8.26. The molecular weight excluding hydrogens is 324 g/mol. The summed E-state index contributed by atoms with van der Waals surface area (Å²) in [4.78, 5) is 2.55. The van der Waals surface area contributed by atoms with E-state index in [0.717, 1.165) is 12.3 Å². The van der Waals surface area contributed by atoms with E-state index < -0.39 is 0 Å². The molecule has 1 aliphatic rings. The van der Waals surface area contributed by atoms with Crippen molar-refractivity contribution in [2.45, 2.75) is 64.1 Å². The third kappa shape index (κ3) is 4.08. The van der Waals surface area contributed by atoms with Crippen molar-refractivity contribution < 1.29 is 0 Å². The van der Waals surface area contributed by atoms with Crippen LogP contribution in [0.15, 0.2) is 28.7 Å². The van der Waals surface area contributed by atoms with Crippen LogP contribution in [0.5, 0.6) is 0 Å². The van der Waals surface area contributed by atoms with Crippen molar-refractivity contribution in [1.29, 1.82) is 0 Å². The first-order chi connectivity index (χ1) is 10.0. The minimum Gasteiger partial charge on any atom is -0.326 e. The molecule has 3 heteroatoms. The summed E-state index contributed by atoms with van der Waals surface area (Å²) >= 11 is 3.72. The number of benzene rings is 1. The quantitative estimate of drug-likeness (QED) is 0.829. The number of likely N-dealkylation sites (N-methyl/N-ethyl adjacent to an activating group) is 1. The van der Waals surface area contributed by atoms with Gasteiger partial charge in [-0.2, -0.15) is 0 Å². The Morgan fingerprint density at radius 2 is 2.05 bits per heavy atom. The first kappa shape index (κ1) is 17.0. The van der Waals surface area contributed by atoms with E-state index >= 15 is 0 Å². The smallest absolute Gasteiger partial charge is 0.0510 e. The Hall–Kier alpha value is -0.380. The maximum atomic E-state index is 6.50. The van der Waals surface area contributed by atoms with Crippen molar-refractivity contribution in [3.05, 3.63) is 34.3 Å². The van der Waals surface area contributed by atoms with Crippen molar-refractivity contribution in [3.63, 3.8) is 0 Å². The van der Waals surface area contributed by atoms with E-state index in [0.29, 0.717) is 12.1 Å². The third-order valence-corrected chi connectivity index (χ3v) is 5.75. The van der Waals surface area contributed by atoms with Crippen LogP contribution in [0.2, 0.25) is 0 Å². The number of nitrogens with two attached hydrogens (primary N) is 1. The zero-order chi connectivity index (χ0) is 15.4. The van der Waals surface area contributed by atoms with Crippen LogP contribution in [-0.2, 0) is 0 Å². The highest BCUT2D eigenvalue weighted by atomic mass is 79.9. The fraction of sp³-hybridized carbons (Fsp3) is 0.667. The van der Waals surface area contributed by atoms with E-state index in [4.69, 9.17) is 5.73 Å². The summed E-state index contributed by atoms with van der Waals surface area (Å²) in [5, 5.41) is 0. The van der Waals surface area contributed by atoms with Crippen LogP contribution in [0.4, 0.5) is 0 Å². The minimum atomic E-state index is 0.172. The number of rotatable bonds is 5. The highest BCUT2D eigenvalue weighted by Crippen LogP contribution is 2.35. The normalized spacial score (nSPS) is 25.8. The topological polar surface area (TPSA) is 29.3 Å². The zero-order valence-electron chi connectivity index (χ0n) is 13.6. The van der Waals surface area contributed by atoms with E-state index in [1.54, 1.807) is 0 Å². The molecule has 0 aliphatic heterocycles. The van der Waals surface area contributed by atoms with E-state index in [1.807, 2.05) is 0 Å². The highest BCUT2D eigenvalue weighted by Gasteiger charge is 2.31. The first-order valence-corrected chi connectivity index (χ1v) is 9.05. The summed E-state index contributed by atoms with van der Waals surface area (Å²) in [5.74, 6) is 0.837. The fourth-order valence-corrected chi connectivity index (χ4v) is 4.21. The lowest BCUT2D eigenvalue weighted by atomic mass is 9.84. The van der Waals surface area contributed by atoms with Gasteiger partial charge in [0.05, 0.1) is 6.04 Å². The summed E-state index contributed by atoms with van der Waals surface area (Å²) in [6.07, 6.45) is 6.33. The van der Waals surface area contributed by atoms with Gasteiger partial charge < -0.3 is 5.73 Å². The van der Waals surface area contributed by atoms with Crippen molar-refractivity contribution in [3.8, 4) is 0 Å². The third-order valence-electron chi connectivity index (χ3n) is 5.02. The van der Waals surface area contributed by atoms with Gasteiger partial charge in [0.2, 0.25) is 0 Å². The second-order valence-electron chi connectivity index (χ2n) is 6.63. The predicted octanol–water partition coefficient (Wildman–Crippen LogP) is 4.74. The summed E-state index contributed by atoms with van der Waals surface area (Å²) < 4.78 is 1.18. The van der Waals surface area contributed by atoms with Gasteiger partial charge in [0.15, 0.2) is 0 Å². The highest BCUT2D eigenvalue weighted by molar-refractivity contribution is 9.10. The van der Waals surface area contributed by atoms with Crippen LogP contribution >= 0.6 is 15.9 Å². The summed E-state index contributed by atoms with van der Waals surface area (Å²) in [5.41, 5.74) is 7.82. The maximum absolute atomic E-state index is 6.50. The Bertz CT molecular complexity index is 449. The van der Waals surface area contributed by atoms with E-state index in [2.05, 4.69) is 66.0 Å². The molecule has 1 aromatic rings. The van der Waals surface area contributed by atoms with Crippen molar-refractivity contribution in [1.82, 2.24) is 4.90 Å². The van der Waals surface area contributed by atoms with Crippen LogP contribution in [-0.4, -0.2) is 24.0 Å². The van der Waals surface area contributed by atoms with Gasteiger partial charge in [-0.05, 0) is 43.9 Å². The molecule has 21 heavy (non-hydrogen) atoms. The molecule has 1 aliphatic carbocycles. The van der Waals surface area contributed by atoms with Crippen LogP contribution < -0.4 is 5.73 Å². The summed E-state index contributed by atoms with van der Waals surface area (Å²) in [6, 6.07) is 9.66. The SMILES string of the molecule is CCC(N)C(c1ccccc1Br)N(C)C1CCCC(C)C1. The van der Waals surface area contributed by atoms with Gasteiger partial charge in [0.1, 0.15) is 0 Å². The summed E-state index contributed by atoms with van der Waals surface area (Å²) in [7, 11) is 2.27. The lowest BCUT2D eigenvalue weighted by molar-refractivity contribution is 0.102. The second kappa shape index (κ2) is 7.75. The van der Waals surface area contributed by atoms with Crippen molar-refractivity contribution >= 4 is 15.9 Å². The largest absolute Gasteiger partial charge is 0.326 e. The van der Waals surface area contributed by atoms with Gasteiger partial charge in [0, 0.05) is 16.6 Å². The molecule has 0 bridgehead atoms. The Kier molecular flexibility index (Phi) is 6.27.